The van der Waals surface area contributed by atoms with Gasteiger partial charge < -0.3 is 18.9 Å². The zero-order valence-corrected chi connectivity index (χ0v) is 25.1. The minimum absolute atomic E-state index is 0.0323. The van der Waals surface area contributed by atoms with Gasteiger partial charge >= 0.3 is 13.3 Å². The van der Waals surface area contributed by atoms with E-state index in [-0.39, 0.29) is 38.5 Å². The van der Waals surface area contributed by atoms with Gasteiger partial charge in [0.15, 0.2) is 5.78 Å². The second-order valence-electron chi connectivity index (χ2n) is 11.1. The standard InChI is InChI=1S/C30H23BCl3F3N2O4/c1-28(2)19-12-16(5-8-20(19)31(41)42-28)6-10-26(40)18-7-9-25(39-11-3-4-24(18)39)23-15-29(43-38-23,30(35,36)37)17-13-21(32)27(34)22(33)14-17/h3-5,7-9,11-14,41H,6,10,15H2,1-2H3. The SMILES string of the molecule is CC1(C)OB(O)c2ccc(CCC(=O)c3ccc(C4=NOC(c5cc(Cl)c(Cl)c(Cl)c5)(C(F)(F)F)C4)n4cccc34)cc21. The molecule has 0 spiro atoms. The molecule has 13 heteroatoms. The van der Waals surface area contributed by atoms with E-state index < -0.39 is 30.9 Å². The van der Waals surface area contributed by atoms with Crippen molar-refractivity contribution in [3.8, 4) is 0 Å². The fourth-order valence-electron chi connectivity index (χ4n) is 5.73. The highest BCUT2D eigenvalue weighted by Gasteiger charge is 2.62. The number of nitrogens with zero attached hydrogens (tertiary/aromatic N) is 2. The molecule has 0 saturated carbocycles. The molecule has 2 aromatic heterocycles. The predicted molar refractivity (Wildman–Crippen MR) is 160 cm³/mol. The Morgan fingerprint density at radius 3 is 2.51 bits per heavy atom. The van der Waals surface area contributed by atoms with E-state index in [1.54, 1.807) is 34.9 Å². The topological polar surface area (TPSA) is 72.5 Å². The number of fused-ring (bicyclic) bond motifs is 2. The first-order chi connectivity index (χ1) is 20.2. The molecule has 2 aliphatic heterocycles. The Hall–Kier alpha value is -3.02. The maximum absolute atomic E-state index is 14.5. The normalized spacial score (nSPS) is 19.5. The molecule has 0 amide bonds. The van der Waals surface area contributed by atoms with E-state index in [4.69, 9.17) is 44.3 Å². The number of aryl methyl sites for hydroxylation is 1. The van der Waals surface area contributed by atoms with Gasteiger partial charge in [-0.05, 0) is 73.3 Å². The van der Waals surface area contributed by atoms with Crippen LogP contribution in [0.1, 0.15) is 59.4 Å². The van der Waals surface area contributed by atoms with Crippen molar-refractivity contribution in [2.75, 3.05) is 0 Å². The molecule has 2 aliphatic rings. The van der Waals surface area contributed by atoms with Crippen LogP contribution in [0.2, 0.25) is 15.1 Å². The number of alkyl halides is 3. The highest BCUT2D eigenvalue weighted by atomic mass is 35.5. The van der Waals surface area contributed by atoms with Crippen molar-refractivity contribution >= 4 is 64.4 Å². The van der Waals surface area contributed by atoms with Crippen molar-refractivity contribution in [3.63, 3.8) is 0 Å². The van der Waals surface area contributed by atoms with Gasteiger partial charge in [0, 0.05) is 23.7 Å². The van der Waals surface area contributed by atoms with E-state index in [9.17, 15) is 23.0 Å². The summed E-state index contributed by atoms with van der Waals surface area (Å²) in [6, 6.07) is 14.4. The third-order valence-electron chi connectivity index (χ3n) is 8.00. The Kier molecular flexibility index (Phi) is 7.37. The lowest BCUT2D eigenvalue weighted by molar-refractivity contribution is -0.275. The number of rotatable bonds is 6. The number of pyridine rings is 1. The van der Waals surface area contributed by atoms with Gasteiger partial charge in [0.1, 0.15) is 5.71 Å². The number of oxime groups is 1. The Morgan fingerprint density at radius 2 is 1.81 bits per heavy atom. The van der Waals surface area contributed by atoms with Gasteiger partial charge in [0.2, 0.25) is 0 Å². The Bertz CT molecular complexity index is 1800. The molecule has 1 atom stereocenters. The van der Waals surface area contributed by atoms with Crippen molar-refractivity contribution < 1.29 is 32.5 Å². The molecule has 4 aromatic rings. The largest absolute Gasteiger partial charge is 0.492 e. The van der Waals surface area contributed by atoms with Crippen LogP contribution < -0.4 is 5.46 Å². The number of halogens is 6. The maximum Gasteiger partial charge on any atom is 0.492 e. The van der Waals surface area contributed by atoms with Gasteiger partial charge in [0.25, 0.3) is 5.60 Å². The van der Waals surface area contributed by atoms with Gasteiger partial charge in [0.05, 0.1) is 38.3 Å². The lowest BCUT2D eigenvalue weighted by atomic mass is 9.77. The summed E-state index contributed by atoms with van der Waals surface area (Å²) in [6.45, 7) is 3.75. The number of hydrogen-bond donors (Lipinski definition) is 1. The Morgan fingerprint density at radius 1 is 1.09 bits per heavy atom. The monoisotopic (exact) mass is 648 g/mol. The number of carbonyl (C=O) groups excluding carboxylic acids is 1. The number of hydrogen-bond acceptors (Lipinski definition) is 5. The van der Waals surface area contributed by atoms with Crippen LogP contribution >= 0.6 is 34.8 Å². The van der Waals surface area contributed by atoms with Crippen molar-refractivity contribution in [3.05, 3.63) is 104 Å². The van der Waals surface area contributed by atoms with Gasteiger partial charge in [-0.3, -0.25) is 4.79 Å². The van der Waals surface area contributed by atoms with E-state index >= 15 is 0 Å². The molecule has 1 N–H and O–H groups in total. The van der Waals surface area contributed by atoms with E-state index in [0.717, 1.165) is 23.3 Å². The summed E-state index contributed by atoms with van der Waals surface area (Å²) in [5, 5.41) is 13.7. The number of ketones is 1. The molecule has 0 saturated heterocycles. The van der Waals surface area contributed by atoms with Crippen LogP contribution in [0.25, 0.3) is 5.52 Å². The second kappa shape index (κ2) is 10.6. The second-order valence-corrected chi connectivity index (χ2v) is 12.3. The lowest BCUT2D eigenvalue weighted by Gasteiger charge is -2.30. The summed E-state index contributed by atoms with van der Waals surface area (Å²) in [7, 11) is -0.986. The molecule has 6 rings (SSSR count). The quantitative estimate of drug-likeness (QED) is 0.136. The first-order valence-corrected chi connectivity index (χ1v) is 14.4. The number of aromatic nitrogens is 1. The minimum Gasteiger partial charge on any atom is -0.423 e. The van der Waals surface area contributed by atoms with Crippen LogP contribution in [0.5, 0.6) is 0 Å². The summed E-state index contributed by atoms with van der Waals surface area (Å²) < 4.78 is 50.9. The first-order valence-electron chi connectivity index (χ1n) is 13.3. The van der Waals surface area contributed by atoms with Gasteiger partial charge in [-0.1, -0.05) is 58.2 Å². The van der Waals surface area contributed by atoms with Gasteiger partial charge in [-0.15, -0.1) is 0 Å². The molecule has 1 unspecified atom stereocenters. The molecule has 6 nitrogen and oxygen atoms in total. The van der Waals surface area contributed by atoms with Gasteiger partial charge in [-0.25, -0.2) is 0 Å². The molecule has 0 bridgehead atoms. The zero-order valence-electron chi connectivity index (χ0n) is 22.8. The molecule has 0 radical (unpaired) electrons. The average Bonchev–Trinajstić information content (AvgIpc) is 3.66. The van der Waals surface area contributed by atoms with Crippen molar-refractivity contribution in [2.45, 2.75) is 50.5 Å². The molecule has 0 aliphatic carbocycles. The van der Waals surface area contributed by atoms with E-state index in [1.165, 1.54) is 0 Å². The van der Waals surface area contributed by atoms with Crippen LogP contribution in [0.3, 0.4) is 0 Å². The fraction of sp³-hybridized carbons (Fsp3) is 0.267. The third kappa shape index (κ3) is 5.03. The van der Waals surface area contributed by atoms with Crippen LogP contribution in [0.15, 0.2) is 65.9 Å². The minimum atomic E-state index is -4.87. The van der Waals surface area contributed by atoms with E-state index in [1.807, 2.05) is 32.0 Å². The summed E-state index contributed by atoms with van der Waals surface area (Å²) >= 11 is 18.1. The highest BCUT2D eigenvalue weighted by molar-refractivity contribution is 6.62. The molecule has 2 aromatic carbocycles. The summed E-state index contributed by atoms with van der Waals surface area (Å²) in [5.74, 6) is -0.133. The van der Waals surface area contributed by atoms with Crippen LogP contribution in [0, 0.1) is 0 Å². The van der Waals surface area contributed by atoms with Crippen LogP contribution in [-0.4, -0.2) is 34.2 Å². The molecule has 0 fully saturated rings. The zero-order chi connectivity index (χ0) is 30.9. The van der Waals surface area contributed by atoms with E-state index in [0.29, 0.717) is 28.7 Å². The van der Waals surface area contributed by atoms with Gasteiger partial charge in [-0.2, -0.15) is 13.2 Å². The smallest absolute Gasteiger partial charge is 0.423 e. The Labute approximate surface area is 260 Å². The molecule has 4 heterocycles. The van der Waals surface area contributed by atoms with Crippen molar-refractivity contribution in [2.24, 2.45) is 5.16 Å². The summed E-state index contributed by atoms with van der Waals surface area (Å²) in [6.07, 6.45) is -3.22. The predicted octanol–water partition coefficient (Wildman–Crippen LogP) is 7.25. The fourth-order valence-corrected chi connectivity index (χ4v) is 6.33. The number of carbonyl (C=O) groups is 1. The molecular weight excluding hydrogens is 627 g/mol. The molecule has 43 heavy (non-hydrogen) atoms. The summed E-state index contributed by atoms with van der Waals surface area (Å²) in [5.41, 5.74) is 0.0186. The lowest BCUT2D eigenvalue weighted by Crippen LogP contribution is -2.42. The molecular formula is C30H23BCl3F3N2O4. The first kappa shape index (κ1) is 30.0. The van der Waals surface area contributed by atoms with Crippen LogP contribution in [-0.2, 0) is 27.1 Å². The van der Waals surface area contributed by atoms with Crippen molar-refractivity contribution in [1.82, 2.24) is 4.40 Å². The molecule has 222 valence electrons. The number of benzene rings is 2. The van der Waals surface area contributed by atoms with E-state index in [2.05, 4.69) is 5.16 Å². The van der Waals surface area contributed by atoms with Crippen LogP contribution in [0.4, 0.5) is 13.2 Å². The summed E-state index contributed by atoms with van der Waals surface area (Å²) in [4.78, 5) is 18.5. The van der Waals surface area contributed by atoms with Crippen molar-refractivity contribution in [1.29, 1.82) is 0 Å². The maximum atomic E-state index is 14.5. The Balaban J connectivity index is 1.26. The number of Topliss-reactive ketones (excluding diaryl/α,β-unsaturated/α-hetero) is 1. The third-order valence-corrected chi connectivity index (χ3v) is 9.20. The highest BCUT2D eigenvalue weighted by Crippen LogP contribution is 2.50. The average molecular weight is 650 g/mol.